The van der Waals surface area contributed by atoms with Gasteiger partial charge < -0.3 is 10.6 Å². The van der Waals surface area contributed by atoms with Gasteiger partial charge in [-0.2, -0.15) is 31.8 Å². The molecular weight excluding hydrogens is 286 g/mol. The monoisotopic (exact) mass is 307 g/mol. The molecule has 0 aliphatic heterocycles. The van der Waals surface area contributed by atoms with Gasteiger partial charge in [0.1, 0.15) is 0 Å². The van der Waals surface area contributed by atoms with Gasteiger partial charge in [-0.1, -0.05) is 6.92 Å². The molecule has 2 heterocycles. The summed E-state index contributed by atoms with van der Waals surface area (Å²) < 4.78 is 1.62. The minimum absolute atomic E-state index is 0.506. The van der Waals surface area contributed by atoms with Crippen molar-refractivity contribution in [3.63, 3.8) is 0 Å². The highest BCUT2D eigenvalue weighted by molar-refractivity contribution is 7.98. The van der Waals surface area contributed by atoms with Gasteiger partial charge in [0.25, 0.3) is 5.95 Å². The second-order valence-corrected chi connectivity index (χ2v) is 5.62. The Morgan fingerprint density at radius 2 is 2.00 bits per heavy atom. The smallest absolute Gasteiger partial charge is 0.257 e. The number of hydrogen-bond acceptors (Lipinski definition) is 7. The maximum absolute atomic E-state index is 4.41. The van der Waals surface area contributed by atoms with Crippen LogP contribution in [-0.2, 0) is 0 Å². The summed E-state index contributed by atoms with van der Waals surface area (Å²) in [5.41, 5.74) is 0. The largest absolute Gasteiger partial charge is 0.354 e. The Kier molecular flexibility index (Phi) is 5.79. The Morgan fingerprint density at radius 3 is 2.62 bits per heavy atom. The number of rotatable bonds is 8. The van der Waals surface area contributed by atoms with Crippen molar-refractivity contribution >= 4 is 23.7 Å². The quantitative estimate of drug-likeness (QED) is 0.771. The third-order valence-corrected chi connectivity index (χ3v) is 3.63. The summed E-state index contributed by atoms with van der Waals surface area (Å²) in [7, 11) is 0. The van der Waals surface area contributed by atoms with Crippen LogP contribution in [0.3, 0.4) is 0 Å². The average Bonchev–Trinajstić information content (AvgIpc) is 3.00. The van der Waals surface area contributed by atoms with Crippen LogP contribution in [0, 0.1) is 5.92 Å². The molecule has 114 valence electrons. The van der Waals surface area contributed by atoms with Crippen molar-refractivity contribution in [1.82, 2.24) is 24.7 Å². The van der Waals surface area contributed by atoms with Crippen LogP contribution in [0.5, 0.6) is 0 Å². The van der Waals surface area contributed by atoms with E-state index in [0.29, 0.717) is 23.8 Å². The first kappa shape index (κ1) is 15.6. The highest BCUT2D eigenvalue weighted by Gasteiger charge is 2.09. The lowest BCUT2D eigenvalue weighted by atomic mass is 10.2. The van der Waals surface area contributed by atoms with Crippen LogP contribution in [0.25, 0.3) is 5.95 Å². The first-order valence-corrected chi connectivity index (χ1v) is 8.35. The Hall–Kier alpha value is -1.83. The van der Waals surface area contributed by atoms with Gasteiger partial charge in [0.05, 0.1) is 0 Å². The molecule has 1 unspecified atom stereocenters. The fourth-order valence-electron chi connectivity index (χ4n) is 1.78. The van der Waals surface area contributed by atoms with E-state index in [1.54, 1.807) is 10.9 Å². The fourth-order valence-corrected chi connectivity index (χ4v) is 2.47. The molecule has 7 nitrogen and oxygen atoms in total. The van der Waals surface area contributed by atoms with E-state index in [-0.39, 0.29) is 0 Å². The Morgan fingerprint density at radius 1 is 1.24 bits per heavy atom. The van der Waals surface area contributed by atoms with E-state index in [1.165, 1.54) is 0 Å². The summed E-state index contributed by atoms with van der Waals surface area (Å²) in [5.74, 6) is 3.28. The molecule has 2 N–H and O–H groups in total. The molecule has 0 fully saturated rings. The number of anilines is 2. The third kappa shape index (κ3) is 4.59. The lowest BCUT2D eigenvalue weighted by molar-refractivity contribution is 0.694. The van der Waals surface area contributed by atoms with Crippen LogP contribution in [0.4, 0.5) is 11.9 Å². The minimum atomic E-state index is 0.506. The van der Waals surface area contributed by atoms with E-state index in [4.69, 9.17) is 0 Å². The molecule has 0 amide bonds. The predicted molar refractivity (Wildman–Crippen MR) is 87.1 cm³/mol. The maximum Gasteiger partial charge on any atom is 0.257 e. The van der Waals surface area contributed by atoms with Crippen LogP contribution in [0.2, 0.25) is 0 Å². The molecule has 2 aromatic heterocycles. The van der Waals surface area contributed by atoms with E-state index in [0.717, 1.165) is 18.8 Å². The van der Waals surface area contributed by atoms with Crippen molar-refractivity contribution in [2.24, 2.45) is 5.92 Å². The second kappa shape index (κ2) is 7.82. The van der Waals surface area contributed by atoms with Crippen molar-refractivity contribution in [2.75, 3.05) is 35.7 Å². The summed E-state index contributed by atoms with van der Waals surface area (Å²) in [6.07, 6.45) is 5.62. The summed E-state index contributed by atoms with van der Waals surface area (Å²) >= 11 is 1.84. The van der Waals surface area contributed by atoms with Crippen LogP contribution in [-0.4, -0.2) is 49.8 Å². The van der Waals surface area contributed by atoms with Gasteiger partial charge in [0, 0.05) is 25.5 Å². The van der Waals surface area contributed by atoms with Gasteiger partial charge in [0.2, 0.25) is 11.9 Å². The fraction of sp³-hybridized carbons (Fsp3) is 0.538. The van der Waals surface area contributed by atoms with Crippen molar-refractivity contribution in [3.05, 3.63) is 18.5 Å². The standard InChI is InChI=1S/C13H21N7S/c1-4-14-11-17-12(15-8-10(2)9-21-3)19-13(18-11)20-7-5-6-16-20/h5-7,10H,4,8-9H2,1-3H3,(H2,14,15,17,18,19). The molecule has 0 radical (unpaired) electrons. The van der Waals surface area contributed by atoms with Crippen molar-refractivity contribution in [1.29, 1.82) is 0 Å². The van der Waals surface area contributed by atoms with Crippen LogP contribution >= 0.6 is 11.8 Å². The van der Waals surface area contributed by atoms with E-state index < -0.39 is 0 Å². The van der Waals surface area contributed by atoms with Crippen molar-refractivity contribution in [3.8, 4) is 5.95 Å². The summed E-state index contributed by atoms with van der Waals surface area (Å²) in [4.78, 5) is 13.1. The predicted octanol–water partition coefficient (Wildman–Crippen LogP) is 1.90. The van der Waals surface area contributed by atoms with E-state index >= 15 is 0 Å². The van der Waals surface area contributed by atoms with Gasteiger partial charge in [-0.15, -0.1) is 0 Å². The van der Waals surface area contributed by atoms with Gasteiger partial charge in [-0.25, -0.2) is 4.68 Å². The van der Waals surface area contributed by atoms with Crippen molar-refractivity contribution in [2.45, 2.75) is 13.8 Å². The van der Waals surface area contributed by atoms with E-state index in [1.807, 2.05) is 30.9 Å². The van der Waals surface area contributed by atoms with Crippen LogP contribution in [0.15, 0.2) is 18.5 Å². The molecule has 2 rings (SSSR count). The zero-order valence-electron chi connectivity index (χ0n) is 12.6. The Labute approximate surface area is 129 Å². The third-order valence-electron chi connectivity index (χ3n) is 2.73. The number of thioether (sulfide) groups is 1. The lowest BCUT2D eigenvalue weighted by Crippen LogP contribution is -2.17. The van der Waals surface area contributed by atoms with Gasteiger partial charge in [-0.3, -0.25) is 0 Å². The first-order chi connectivity index (χ1) is 10.2. The molecule has 0 aromatic carbocycles. The number of nitrogens with one attached hydrogen (secondary N) is 2. The molecule has 0 spiro atoms. The van der Waals surface area contributed by atoms with Gasteiger partial charge in [-0.05, 0) is 30.9 Å². The van der Waals surface area contributed by atoms with Crippen LogP contribution in [0.1, 0.15) is 13.8 Å². The molecule has 0 saturated carbocycles. The molecule has 1 atom stereocenters. The summed E-state index contributed by atoms with van der Waals surface area (Å²) in [5, 5.41) is 10.5. The zero-order valence-corrected chi connectivity index (χ0v) is 13.4. The first-order valence-electron chi connectivity index (χ1n) is 6.95. The normalized spacial score (nSPS) is 12.1. The molecule has 8 heteroatoms. The second-order valence-electron chi connectivity index (χ2n) is 4.71. The van der Waals surface area contributed by atoms with Gasteiger partial charge >= 0.3 is 0 Å². The molecular formula is C13H21N7S. The maximum atomic E-state index is 4.41. The molecule has 0 aliphatic rings. The Bertz CT molecular complexity index is 543. The van der Waals surface area contributed by atoms with E-state index in [2.05, 4.69) is 43.9 Å². The highest BCUT2D eigenvalue weighted by Crippen LogP contribution is 2.10. The molecule has 0 aliphatic carbocycles. The Balaban J connectivity index is 2.16. The van der Waals surface area contributed by atoms with Gasteiger partial charge in [0.15, 0.2) is 0 Å². The van der Waals surface area contributed by atoms with Crippen LogP contribution < -0.4 is 10.6 Å². The number of aromatic nitrogens is 5. The molecule has 0 bridgehead atoms. The zero-order chi connectivity index (χ0) is 15.1. The minimum Gasteiger partial charge on any atom is -0.354 e. The highest BCUT2D eigenvalue weighted by atomic mass is 32.2. The SMILES string of the molecule is CCNc1nc(NCC(C)CSC)nc(-n2cccn2)n1. The lowest BCUT2D eigenvalue weighted by Gasteiger charge is -2.12. The summed E-state index contributed by atoms with van der Waals surface area (Å²) in [6, 6.07) is 1.84. The average molecular weight is 307 g/mol. The topological polar surface area (TPSA) is 80.5 Å². The molecule has 0 saturated heterocycles. The van der Waals surface area contributed by atoms with E-state index in [9.17, 15) is 0 Å². The number of nitrogens with zero attached hydrogens (tertiary/aromatic N) is 5. The summed E-state index contributed by atoms with van der Waals surface area (Å²) in [6.45, 7) is 5.79. The number of hydrogen-bond donors (Lipinski definition) is 2. The molecule has 2 aromatic rings. The van der Waals surface area contributed by atoms with Crippen molar-refractivity contribution < 1.29 is 0 Å². The molecule has 21 heavy (non-hydrogen) atoms.